The van der Waals surface area contributed by atoms with E-state index in [0.717, 1.165) is 11.0 Å². The van der Waals surface area contributed by atoms with Crippen LogP contribution in [0.15, 0.2) is 12.7 Å². The highest BCUT2D eigenvalue weighted by Crippen LogP contribution is 2.28. The summed E-state index contributed by atoms with van der Waals surface area (Å²) >= 11 is 0. The number of halogens is 3. The molecule has 1 atom stereocenters. The number of rotatable bonds is 1. The van der Waals surface area contributed by atoms with Gasteiger partial charge in [0.2, 0.25) is 5.91 Å². The average molecular weight is 223 g/mol. The van der Waals surface area contributed by atoms with Gasteiger partial charge in [-0.1, -0.05) is 6.58 Å². The Balaban J connectivity index is 2.85. The summed E-state index contributed by atoms with van der Waals surface area (Å²) in [4.78, 5) is 12.0. The summed E-state index contributed by atoms with van der Waals surface area (Å²) in [7, 11) is 0. The van der Waals surface area contributed by atoms with Crippen LogP contribution in [-0.4, -0.2) is 42.8 Å². The van der Waals surface area contributed by atoms with Gasteiger partial charge in [-0.3, -0.25) is 4.79 Å². The van der Waals surface area contributed by atoms with Crippen LogP contribution in [-0.2, 0) is 9.53 Å². The van der Waals surface area contributed by atoms with E-state index in [1.165, 1.54) is 0 Å². The molecule has 6 heteroatoms. The minimum absolute atomic E-state index is 0.0189. The van der Waals surface area contributed by atoms with Crippen molar-refractivity contribution in [1.29, 1.82) is 0 Å². The van der Waals surface area contributed by atoms with E-state index in [1.807, 2.05) is 0 Å². The Hall–Kier alpha value is -1.04. The second kappa shape index (κ2) is 4.65. The minimum atomic E-state index is -4.41. The molecular weight excluding hydrogens is 211 g/mol. The molecule has 0 N–H and O–H groups in total. The Bertz CT molecular complexity index is 252. The number of nitrogens with zero attached hydrogens (tertiary/aromatic N) is 1. The van der Waals surface area contributed by atoms with Gasteiger partial charge in [-0.15, -0.1) is 0 Å². The van der Waals surface area contributed by atoms with Crippen molar-refractivity contribution in [3.05, 3.63) is 12.7 Å². The van der Waals surface area contributed by atoms with Crippen LogP contribution < -0.4 is 0 Å². The van der Waals surface area contributed by atoms with Gasteiger partial charge in [0.25, 0.3) is 0 Å². The number of hydrogen-bond acceptors (Lipinski definition) is 2. The Labute approximate surface area is 85.5 Å². The molecular formula is C9H12F3NO2. The van der Waals surface area contributed by atoms with E-state index in [4.69, 9.17) is 4.74 Å². The number of carbonyl (C=O) groups excluding carboxylic acids is 1. The zero-order chi connectivity index (χ0) is 11.5. The SMILES string of the molecule is C=CC(=O)N1CCOCCC1C(F)(F)F. The van der Waals surface area contributed by atoms with Crippen LogP contribution in [0.4, 0.5) is 13.2 Å². The first kappa shape index (κ1) is 12.0. The third-order valence-corrected chi connectivity index (χ3v) is 2.22. The topological polar surface area (TPSA) is 29.5 Å². The second-order valence-corrected chi connectivity index (χ2v) is 3.19. The molecule has 1 aliphatic rings. The minimum Gasteiger partial charge on any atom is -0.380 e. The van der Waals surface area contributed by atoms with E-state index in [1.54, 1.807) is 0 Å². The first-order valence-electron chi connectivity index (χ1n) is 4.54. The molecule has 0 saturated carbocycles. The van der Waals surface area contributed by atoms with Crippen molar-refractivity contribution in [2.24, 2.45) is 0 Å². The van der Waals surface area contributed by atoms with Gasteiger partial charge in [-0.25, -0.2) is 0 Å². The van der Waals surface area contributed by atoms with Crippen molar-refractivity contribution in [3.8, 4) is 0 Å². The largest absolute Gasteiger partial charge is 0.408 e. The van der Waals surface area contributed by atoms with E-state index in [9.17, 15) is 18.0 Å². The van der Waals surface area contributed by atoms with Crippen LogP contribution in [0, 0.1) is 0 Å². The van der Waals surface area contributed by atoms with Gasteiger partial charge < -0.3 is 9.64 Å². The predicted molar refractivity (Wildman–Crippen MR) is 47.2 cm³/mol. The van der Waals surface area contributed by atoms with Crippen molar-refractivity contribution in [3.63, 3.8) is 0 Å². The quantitative estimate of drug-likeness (QED) is 0.628. The van der Waals surface area contributed by atoms with Gasteiger partial charge in [0.1, 0.15) is 6.04 Å². The lowest BCUT2D eigenvalue weighted by Crippen LogP contribution is -2.48. The molecule has 1 fully saturated rings. The van der Waals surface area contributed by atoms with Gasteiger partial charge >= 0.3 is 6.18 Å². The molecule has 1 rings (SSSR count). The molecule has 1 unspecified atom stereocenters. The predicted octanol–water partition coefficient (Wildman–Crippen LogP) is 1.35. The van der Waals surface area contributed by atoms with Gasteiger partial charge in [0.15, 0.2) is 0 Å². The van der Waals surface area contributed by atoms with Crippen LogP contribution in [0.2, 0.25) is 0 Å². The van der Waals surface area contributed by atoms with E-state index in [2.05, 4.69) is 6.58 Å². The van der Waals surface area contributed by atoms with Crippen molar-refractivity contribution in [1.82, 2.24) is 4.90 Å². The lowest BCUT2D eigenvalue weighted by atomic mass is 10.1. The molecule has 0 aromatic carbocycles. The molecule has 15 heavy (non-hydrogen) atoms. The molecule has 1 aliphatic heterocycles. The van der Waals surface area contributed by atoms with Crippen LogP contribution in [0.1, 0.15) is 6.42 Å². The highest BCUT2D eigenvalue weighted by molar-refractivity contribution is 5.87. The summed E-state index contributed by atoms with van der Waals surface area (Å²) in [5.74, 6) is -0.706. The van der Waals surface area contributed by atoms with Gasteiger partial charge in [0, 0.05) is 13.2 Å². The molecule has 1 saturated heterocycles. The molecule has 0 aliphatic carbocycles. The molecule has 3 nitrogen and oxygen atoms in total. The molecule has 86 valence electrons. The van der Waals surface area contributed by atoms with Crippen LogP contribution in [0.3, 0.4) is 0 Å². The fourth-order valence-corrected chi connectivity index (χ4v) is 1.49. The zero-order valence-electron chi connectivity index (χ0n) is 8.09. The van der Waals surface area contributed by atoms with Crippen LogP contribution >= 0.6 is 0 Å². The Morgan fingerprint density at radius 3 is 2.67 bits per heavy atom. The van der Waals surface area contributed by atoms with E-state index < -0.39 is 18.1 Å². The monoisotopic (exact) mass is 223 g/mol. The normalized spacial score (nSPS) is 23.4. The summed E-state index contributed by atoms with van der Waals surface area (Å²) in [6, 6.07) is -1.76. The summed E-state index contributed by atoms with van der Waals surface area (Å²) in [6.45, 7) is 3.29. The first-order chi connectivity index (χ1) is 6.96. The Morgan fingerprint density at radius 1 is 1.47 bits per heavy atom. The van der Waals surface area contributed by atoms with E-state index in [-0.39, 0.29) is 26.2 Å². The molecule has 0 spiro atoms. The summed E-state index contributed by atoms with van der Waals surface area (Å²) in [5, 5.41) is 0. The number of hydrogen-bond donors (Lipinski definition) is 0. The maximum Gasteiger partial charge on any atom is 0.408 e. The molecule has 0 radical (unpaired) electrons. The summed E-state index contributed by atoms with van der Waals surface area (Å²) in [6.07, 6.45) is -3.74. The van der Waals surface area contributed by atoms with Crippen molar-refractivity contribution < 1.29 is 22.7 Å². The lowest BCUT2D eigenvalue weighted by molar-refractivity contribution is -0.187. The second-order valence-electron chi connectivity index (χ2n) is 3.19. The molecule has 1 heterocycles. The maximum atomic E-state index is 12.6. The standard InChI is InChI=1S/C9H12F3NO2/c1-2-8(14)13-4-6-15-5-3-7(13)9(10,11)12/h2,7H,1,3-6H2. The van der Waals surface area contributed by atoms with Crippen molar-refractivity contribution in [2.45, 2.75) is 18.6 Å². The van der Waals surface area contributed by atoms with E-state index >= 15 is 0 Å². The molecule has 1 amide bonds. The lowest BCUT2D eigenvalue weighted by Gasteiger charge is -2.29. The highest BCUT2D eigenvalue weighted by Gasteiger charge is 2.45. The number of amides is 1. The number of alkyl halides is 3. The molecule has 0 aromatic rings. The third-order valence-electron chi connectivity index (χ3n) is 2.22. The van der Waals surface area contributed by atoms with Crippen molar-refractivity contribution >= 4 is 5.91 Å². The maximum absolute atomic E-state index is 12.6. The van der Waals surface area contributed by atoms with Crippen LogP contribution in [0.5, 0.6) is 0 Å². The Morgan fingerprint density at radius 2 is 2.13 bits per heavy atom. The smallest absolute Gasteiger partial charge is 0.380 e. The van der Waals surface area contributed by atoms with Crippen molar-refractivity contribution in [2.75, 3.05) is 19.8 Å². The average Bonchev–Trinajstić information content (AvgIpc) is 2.40. The Kier molecular flexibility index (Phi) is 3.73. The van der Waals surface area contributed by atoms with Gasteiger partial charge in [-0.05, 0) is 12.5 Å². The number of carbonyl (C=O) groups is 1. The van der Waals surface area contributed by atoms with Gasteiger partial charge in [-0.2, -0.15) is 13.2 Å². The fourth-order valence-electron chi connectivity index (χ4n) is 1.49. The first-order valence-corrected chi connectivity index (χ1v) is 4.54. The van der Waals surface area contributed by atoms with E-state index in [0.29, 0.717) is 0 Å². The zero-order valence-corrected chi connectivity index (χ0v) is 8.09. The molecule has 0 bridgehead atoms. The summed E-state index contributed by atoms with van der Waals surface area (Å²) in [5.41, 5.74) is 0. The van der Waals surface area contributed by atoms with Gasteiger partial charge in [0.05, 0.1) is 6.61 Å². The number of ether oxygens (including phenoxy) is 1. The molecule has 0 aromatic heterocycles. The highest BCUT2D eigenvalue weighted by atomic mass is 19.4. The summed E-state index contributed by atoms with van der Waals surface area (Å²) < 4.78 is 42.7. The van der Waals surface area contributed by atoms with Crippen LogP contribution in [0.25, 0.3) is 0 Å². The fraction of sp³-hybridized carbons (Fsp3) is 0.667. The third kappa shape index (κ3) is 2.95.